The van der Waals surface area contributed by atoms with Crippen LogP contribution in [-0.2, 0) is 22.7 Å². The molecule has 2 atom stereocenters. The molecular weight excluding hydrogens is 469 g/mol. The maximum absolute atomic E-state index is 14.9. The van der Waals surface area contributed by atoms with Gasteiger partial charge >= 0.3 is 5.97 Å². The minimum atomic E-state index is -1.50. The number of hydrogen-bond donors (Lipinski definition) is 1. The fraction of sp³-hybridized carbons (Fsp3) is 0.423. The number of aliphatic hydroxyl groups is 1. The summed E-state index contributed by atoms with van der Waals surface area (Å²) in [6, 6.07) is 3.35. The standard InChI is InChI=1S/C26H24FN3O4S/c1-12-16(27)8-17-21-20(19(11-35-24(12)21)29-5-3-2-4-6-29)14-9-30-18(22(14)28-17)7-13-15(25(30)32)10-34-26(33)23(13)31/h7-8,19,23,31H,2-6,9-11H2,1H3. The molecule has 1 saturated heterocycles. The molecule has 7 nitrogen and oxygen atoms in total. The molecule has 0 aliphatic carbocycles. The van der Waals surface area contributed by atoms with Gasteiger partial charge in [-0.25, -0.2) is 14.2 Å². The van der Waals surface area contributed by atoms with Gasteiger partial charge in [0.25, 0.3) is 5.56 Å². The highest BCUT2D eigenvalue weighted by Crippen LogP contribution is 2.49. The van der Waals surface area contributed by atoms with Crippen molar-refractivity contribution >= 4 is 28.6 Å². The van der Waals surface area contributed by atoms with Crippen LogP contribution in [0.1, 0.15) is 59.2 Å². The van der Waals surface area contributed by atoms with Crippen LogP contribution in [0.25, 0.3) is 22.3 Å². The number of halogens is 1. The zero-order valence-corrected chi connectivity index (χ0v) is 20.1. The van der Waals surface area contributed by atoms with E-state index in [2.05, 4.69) is 4.90 Å². The van der Waals surface area contributed by atoms with E-state index in [1.807, 2.05) is 6.92 Å². The summed E-state index contributed by atoms with van der Waals surface area (Å²) in [4.78, 5) is 33.8. The summed E-state index contributed by atoms with van der Waals surface area (Å²) < 4.78 is 21.6. The number of esters is 1. The van der Waals surface area contributed by atoms with Crippen molar-refractivity contribution in [2.45, 2.75) is 56.4 Å². The number of ether oxygens (including phenoxy) is 1. The lowest BCUT2D eigenvalue weighted by Gasteiger charge is -2.38. The summed E-state index contributed by atoms with van der Waals surface area (Å²) in [7, 11) is 0. The van der Waals surface area contributed by atoms with Crippen LogP contribution in [0.3, 0.4) is 0 Å². The molecule has 1 aromatic carbocycles. The monoisotopic (exact) mass is 493 g/mol. The van der Waals surface area contributed by atoms with Crippen molar-refractivity contribution in [3.63, 3.8) is 0 Å². The van der Waals surface area contributed by atoms with Crippen LogP contribution in [0.5, 0.6) is 0 Å². The fourth-order valence-electron chi connectivity index (χ4n) is 6.17. The fourth-order valence-corrected chi connectivity index (χ4v) is 7.54. The number of cyclic esters (lactones) is 1. The van der Waals surface area contributed by atoms with E-state index in [4.69, 9.17) is 9.72 Å². The molecule has 4 aliphatic rings. The number of benzene rings is 1. The van der Waals surface area contributed by atoms with E-state index in [1.54, 1.807) is 22.4 Å². The van der Waals surface area contributed by atoms with Crippen LogP contribution in [-0.4, -0.2) is 44.4 Å². The number of hydrogen-bond acceptors (Lipinski definition) is 7. The Bertz CT molecular complexity index is 1510. The van der Waals surface area contributed by atoms with Gasteiger partial charge in [-0.3, -0.25) is 9.69 Å². The Morgan fingerprint density at radius 2 is 1.97 bits per heavy atom. The van der Waals surface area contributed by atoms with Crippen molar-refractivity contribution in [3.8, 4) is 11.4 Å². The second-order valence-corrected chi connectivity index (χ2v) is 10.9. The first-order chi connectivity index (χ1) is 16.9. The molecule has 9 heteroatoms. The molecule has 0 bridgehead atoms. The molecule has 2 aromatic heterocycles. The van der Waals surface area contributed by atoms with Crippen molar-refractivity contribution in [2.75, 3.05) is 18.8 Å². The molecule has 2 unspecified atom stereocenters. The number of nitrogens with zero attached hydrogens (tertiary/aromatic N) is 3. The van der Waals surface area contributed by atoms with Crippen LogP contribution < -0.4 is 5.56 Å². The molecule has 0 spiro atoms. The predicted octanol–water partition coefficient (Wildman–Crippen LogP) is 3.60. The Labute approximate surface area is 204 Å². The Balaban J connectivity index is 1.52. The molecule has 180 valence electrons. The lowest BCUT2D eigenvalue weighted by Crippen LogP contribution is -2.36. The van der Waals surface area contributed by atoms with E-state index in [0.717, 1.165) is 53.1 Å². The average molecular weight is 494 g/mol. The maximum Gasteiger partial charge on any atom is 0.340 e. The highest BCUT2D eigenvalue weighted by molar-refractivity contribution is 7.99. The smallest absolute Gasteiger partial charge is 0.340 e. The Hall–Kier alpha value is -2.75. The SMILES string of the molecule is Cc1c(F)cc2nc3c(c4c2c1SCC4N1CCCCC1)Cn1c-3cc2c(c1=O)COC(=O)C2O. The Morgan fingerprint density at radius 3 is 2.77 bits per heavy atom. The number of pyridine rings is 2. The van der Waals surface area contributed by atoms with E-state index in [-0.39, 0.29) is 29.6 Å². The van der Waals surface area contributed by atoms with Crippen molar-refractivity contribution in [1.82, 2.24) is 14.5 Å². The zero-order valence-electron chi connectivity index (χ0n) is 19.3. The van der Waals surface area contributed by atoms with Gasteiger partial charge in [-0.1, -0.05) is 6.42 Å². The third kappa shape index (κ3) is 2.95. The molecule has 0 saturated carbocycles. The summed E-state index contributed by atoms with van der Waals surface area (Å²) in [5.74, 6) is -0.217. The van der Waals surface area contributed by atoms with Gasteiger partial charge in [-0.15, -0.1) is 11.8 Å². The van der Waals surface area contributed by atoms with Crippen LogP contribution in [0, 0.1) is 12.7 Å². The number of aliphatic hydroxyl groups excluding tert-OH is 1. The predicted molar refractivity (Wildman–Crippen MR) is 129 cm³/mol. The van der Waals surface area contributed by atoms with Crippen molar-refractivity contribution in [2.24, 2.45) is 0 Å². The normalized spacial score (nSPS) is 23.1. The number of thioether (sulfide) groups is 1. The minimum absolute atomic E-state index is 0.148. The largest absolute Gasteiger partial charge is 0.458 e. The van der Waals surface area contributed by atoms with Gasteiger partial charge in [0.05, 0.1) is 29.0 Å². The summed E-state index contributed by atoms with van der Waals surface area (Å²) in [6.07, 6.45) is 2.05. The number of carbonyl (C=O) groups excluding carboxylic acids is 1. The molecule has 6 heterocycles. The molecule has 35 heavy (non-hydrogen) atoms. The van der Waals surface area contributed by atoms with Gasteiger partial charge in [0.2, 0.25) is 0 Å². The van der Waals surface area contributed by atoms with E-state index in [9.17, 15) is 19.1 Å². The van der Waals surface area contributed by atoms with Crippen molar-refractivity contribution in [1.29, 1.82) is 0 Å². The highest BCUT2D eigenvalue weighted by Gasteiger charge is 2.38. The lowest BCUT2D eigenvalue weighted by atomic mass is 9.91. The third-order valence-corrected chi connectivity index (χ3v) is 9.26. The van der Waals surface area contributed by atoms with Gasteiger partial charge in [0, 0.05) is 39.3 Å². The molecular formula is C26H24FN3O4S. The van der Waals surface area contributed by atoms with E-state index in [1.165, 1.54) is 12.5 Å². The van der Waals surface area contributed by atoms with Gasteiger partial charge < -0.3 is 14.4 Å². The van der Waals surface area contributed by atoms with E-state index in [0.29, 0.717) is 34.6 Å². The first-order valence-corrected chi connectivity index (χ1v) is 13.1. The Morgan fingerprint density at radius 1 is 1.17 bits per heavy atom. The second-order valence-electron chi connectivity index (χ2n) is 9.85. The van der Waals surface area contributed by atoms with E-state index < -0.39 is 12.1 Å². The topological polar surface area (TPSA) is 84.7 Å². The van der Waals surface area contributed by atoms with Gasteiger partial charge in [-0.2, -0.15) is 0 Å². The lowest BCUT2D eigenvalue weighted by molar-refractivity contribution is -0.157. The molecule has 4 aliphatic heterocycles. The first kappa shape index (κ1) is 21.5. The number of likely N-dealkylation sites (tertiary alicyclic amines) is 1. The van der Waals surface area contributed by atoms with Crippen molar-refractivity contribution < 1.29 is 19.0 Å². The van der Waals surface area contributed by atoms with Crippen LogP contribution in [0.4, 0.5) is 4.39 Å². The number of aromatic nitrogens is 2. The van der Waals surface area contributed by atoms with Gasteiger partial charge in [0.15, 0.2) is 6.10 Å². The van der Waals surface area contributed by atoms with Crippen LogP contribution in [0.2, 0.25) is 0 Å². The minimum Gasteiger partial charge on any atom is -0.458 e. The van der Waals surface area contributed by atoms with Crippen LogP contribution in [0.15, 0.2) is 21.8 Å². The second kappa shape index (κ2) is 7.62. The average Bonchev–Trinajstić information content (AvgIpc) is 3.24. The number of piperidine rings is 1. The summed E-state index contributed by atoms with van der Waals surface area (Å²) >= 11 is 1.70. The maximum atomic E-state index is 14.9. The summed E-state index contributed by atoms with van der Waals surface area (Å²) in [6.45, 7) is 4.08. The molecule has 1 N–H and O–H groups in total. The molecule has 7 rings (SSSR count). The van der Waals surface area contributed by atoms with Crippen molar-refractivity contribution in [3.05, 3.63) is 56.1 Å². The quantitative estimate of drug-likeness (QED) is 0.406. The molecule has 3 aromatic rings. The zero-order chi connectivity index (χ0) is 24.0. The molecule has 0 amide bonds. The van der Waals surface area contributed by atoms with E-state index >= 15 is 0 Å². The first-order valence-electron chi connectivity index (χ1n) is 12.1. The number of carbonyl (C=O) groups is 1. The number of rotatable bonds is 1. The molecule has 0 radical (unpaired) electrons. The summed E-state index contributed by atoms with van der Waals surface area (Å²) in [5.41, 5.74) is 4.88. The van der Waals surface area contributed by atoms with Crippen LogP contribution >= 0.6 is 11.8 Å². The Kier molecular flexibility index (Phi) is 4.69. The van der Waals surface area contributed by atoms with Gasteiger partial charge in [0.1, 0.15) is 12.4 Å². The number of fused-ring (bicyclic) bond motifs is 5. The van der Waals surface area contributed by atoms with Gasteiger partial charge in [-0.05, 0) is 50.0 Å². The third-order valence-electron chi connectivity index (χ3n) is 7.98. The summed E-state index contributed by atoms with van der Waals surface area (Å²) in [5, 5.41) is 11.4. The molecule has 1 fully saturated rings. The highest BCUT2D eigenvalue weighted by atomic mass is 32.2.